The molecule has 423 valence electrons. The number of unbranched alkanes of at least 4 members (excludes halogenated alkanes) is 3. The molecule has 0 fully saturated rings. The molecule has 30 heteroatoms. The van der Waals surface area contributed by atoms with Gasteiger partial charge in [-0.15, -0.1) is 0 Å². The number of hydrogen-bond donors (Lipinski definition) is 9. The van der Waals surface area contributed by atoms with E-state index >= 15 is 0 Å². The number of carboxylic acids is 6. The summed E-state index contributed by atoms with van der Waals surface area (Å²) in [5.41, 5.74) is -2.54. The van der Waals surface area contributed by atoms with E-state index in [4.69, 9.17) is 18.7 Å². The average Bonchev–Trinajstić information content (AvgIpc) is 4.01. The molecule has 0 aliphatic heterocycles. The zero-order valence-corrected chi connectivity index (χ0v) is 45.1. The first-order valence-electron chi connectivity index (χ1n) is 23.0. The second kappa shape index (κ2) is 40.2. The van der Waals surface area contributed by atoms with Crippen LogP contribution in [0.25, 0.3) is 0 Å². The van der Waals surface area contributed by atoms with Crippen molar-refractivity contribution in [2.45, 2.75) is 140 Å². The Kier molecular flexibility index (Phi) is 37.6. The summed E-state index contributed by atoms with van der Waals surface area (Å²) < 4.78 is 55.4. The van der Waals surface area contributed by atoms with Crippen LogP contribution >= 0.6 is 0 Å². The first kappa shape index (κ1) is 72.0. The van der Waals surface area contributed by atoms with Crippen LogP contribution in [0.15, 0.2) is 49.1 Å². The number of amides is 2. The molecule has 9 N–H and O–H groups in total. The number of carboxylic acid groups (broad SMARTS) is 6. The summed E-state index contributed by atoms with van der Waals surface area (Å²) >= 11 is -2.46. The molecule has 77 heavy (non-hydrogen) atoms. The van der Waals surface area contributed by atoms with Gasteiger partial charge in [-0.2, -0.15) is 0 Å². The van der Waals surface area contributed by atoms with Crippen molar-refractivity contribution in [3.8, 4) is 5.75 Å². The van der Waals surface area contributed by atoms with Crippen molar-refractivity contribution in [3.05, 3.63) is 80.7 Å². The van der Waals surface area contributed by atoms with Crippen LogP contribution in [0.2, 0.25) is 0 Å². The van der Waals surface area contributed by atoms with E-state index in [1.165, 1.54) is 33.9 Å². The summed E-state index contributed by atoms with van der Waals surface area (Å²) in [7, 11) is 0. The number of benzene rings is 1. The third-order valence-electron chi connectivity index (χ3n) is 11.4. The van der Waals surface area contributed by atoms with Gasteiger partial charge < -0.3 is 64.4 Å². The zero-order valence-electron chi connectivity index (χ0n) is 41.6. The van der Waals surface area contributed by atoms with Gasteiger partial charge in [0, 0.05) is 112 Å². The molecule has 2 aromatic heterocycles. The van der Waals surface area contributed by atoms with Crippen LogP contribution in [0, 0.1) is 20.0 Å². The van der Waals surface area contributed by atoms with E-state index < -0.39 is 108 Å². The summed E-state index contributed by atoms with van der Waals surface area (Å²) in [5, 5.41) is 62.0. The molecule has 1 atom stereocenters. The minimum atomic E-state index is -2.46. The van der Waals surface area contributed by atoms with E-state index in [0.717, 1.165) is 12.8 Å². The molecule has 0 saturated carbocycles. The number of carbonyl (C=O) groups is 8. The fraction of sp³-hybridized carbons (Fsp3) is 0.511. The number of hydrogen-bond acceptors (Lipinski definition) is 14. The van der Waals surface area contributed by atoms with E-state index in [9.17, 15) is 77.8 Å². The number of carbonyl (C=O) groups excluding carboxylic acids is 2. The van der Waals surface area contributed by atoms with E-state index in [1.807, 2.05) is 4.90 Å². The molecular weight excluding hydrogens is 1210 g/mol. The number of imidazole rings is 2. The molecule has 0 spiro atoms. The Hall–Kier alpha value is -7.05. The van der Waals surface area contributed by atoms with Gasteiger partial charge >= 0.3 is 69.7 Å². The predicted octanol–water partition coefficient (Wildman–Crippen LogP) is 2.71. The second-order valence-electron chi connectivity index (χ2n) is 16.8. The number of nitrogens with zero attached hydrogens (tertiary/aromatic N) is 5. The summed E-state index contributed by atoms with van der Waals surface area (Å²) in [6.45, 7) is 13.9. The fourth-order valence-corrected chi connectivity index (χ4v) is 8.09. The van der Waals surface area contributed by atoms with Gasteiger partial charge in [-0.3, -0.25) is 47.5 Å². The van der Waals surface area contributed by atoms with Gasteiger partial charge in [-0.25, -0.2) is 9.97 Å². The maximum absolute atomic E-state index is 13.7. The topological polar surface area (TPSA) is 442 Å². The Morgan fingerprint density at radius 1 is 0.584 bits per heavy atom. The number of rotatable bonds is 38. The number of aromatic nitrogens is 4. The van der Waals surface area contributed by atoms with Crippen molar-refractivity contribution in [2.75, 3.05) is 17.9 Å². The van der Waals surface area contributed by atoms with Gasteiger partial charge in [-0.1, -0.05) is 12.8 Å². The molecule has 1 aromatic carbocycles. The predicted molar refractivity (Wildman–Crippen MR) is 256 cm³/mol. The maximum atomic E-state index is 13.7. The van der Waals surface area contributed by atoms with Gasteiger partial charge in [0.15, 0.2) is 0 Å². The molecular formula is C47H61N8O20ReS-. The van der Waals surface area contributed by atoms with Crippen LogP contribution in [0.3, 0.4) is 0 Å². The molecule has 1 unspecified atom stereocenters. The zero-order chi connectivity index (χ0) is 57.7. The SMILES string of the molecule is O=C(O)CCC(CCC(=O)O)(CCC(=O)O)NC(=O)Cn1ccnc1CN(CCCCCCOc1ccc(NS(=O)[O-])cc1)Cc1nccn1CC(=O)NC(CCC(=O)O)(CCC(=O)O)CCC(=O)O.[C-]#[O+].[C-]#[O+].[C-]#[O+].[Re]. The normalized spacial score (nSPS) is 11.0. The largest absolute Gasteiger partial charge is 0 e. The van der Waals surface area contributed by atoms with Crippen molar-refractivity contribution in [1.82, 2.24) is 34.6 Å². The van der Waals surface area contributed by atoms with Gasteiger partial charge in [0.05, 0.1) is 19.7 Å². The van der Waals surface area contributed by atoms with Gasteiger partial charge in [0.2, 0.25) is 11.8 Å². The maximum Gasteiger partial charge on any atom is 0 e. The monoisotopic (exact) mass is 1280 g/mol. The van der Waals surface area contributed by atoms with E-state index in [-0.39, 0.29) is 85.1 Å². The van der Waals surface area contributed by atoms with Gasteiger partial charge in [0.1, 0.15) is 30.5 Å². The molecule has 2 amide bonds. The molecule has 3 aromatic rings. The Morgan fingerprint density at radius 2 is 0.922 bits per heavy atom. The Bertz CT molecular complexity index is 2190. The van der Waals surface area contributed by atoms with Crippen LogP contribution in [0.4, 0.5) is 5.69 Å². The standard InChI is InChI=1S/C44H62N8O17S.3CO.Re/c53-35(47-43(15-9-37(55)56,16-10-38(57)58)17-11-39(59)60)29-51-24-21-45-33(51)27-50(23-3-1-2-4-26-69-32-7-5-31(6-8-32)49-70(67)68)28-34-46-22-25-52(34)30-36(54)48-44(18-12-40(61)62,19-13-41(63)64)20-14-42(65)66;3*1-2;/h5-8,21-22,24-25,49H,1-4,9-20,23,26-30H2,(H,47,53)(H,48,54)(H,55,56)(H,57,58)(H,59,60)(H,61,62)(H,63,64)(H,65,66)(H,67,68);;;;/p-1. The minimum Gasteiger partial charge on any atom is 0 e. The molecule has 1 radical (unpaired) electrons. The third kappa shape index (κ3) is 31.6. The van der Waals surface area contributed by atoms with Crippen LogP contribution in [0.1, 0.15) is 114 Å². The first-order valence-corrected chi connectivity index (χ1v) is 24.1. The van der Waals surface area contributed by atoms with Crippen molar-refractivity contribution < 1.29 is 117 Å². The third-order valence-corrected chi connectivity index (χ3v) is 11.8. The van der Waals surface area contributed by atoms with Gasteiger partial charge in [-0.05, 0) is 82.2 Å². The first-order chi connectivity index (χ1) is 36.2. The molecule has 3 rings (SSSR count). The molecule has 2 heterocycles. The molecule has 0 bridgehead atoms. The summed E-state index contributed by atoms with van der Waals surface area (Å²) in [4.78, 5) is 108. The van der Waals surface area contributed by atoms with Crippen molar-refractivity contribution in [2.24, 2.45) is 0 Å². The van der Waals surface area contributed by atoms with Crippen LogP contribution in [0.5, 0.6) is 5.75 Å². The number of ether oxygens (including phenoxy) is 1. The van der Waals surface area contributed by atoms with E-state index in [0.29, 0.717) is 49.1 Å². The van der Waals surface area contributed by atoms with Crippen LogP contribution in [-0.2, 0) is 110 Å². The Labute approximate surface area is 458 Å². The molecule has 0 saturated heterocycles. The number of aliphatic carboxylic acids is 6. The summed E-state index contributed by atoms with van der Waals surface area (Å²) in [5.74, 6) is -7.25. The molecule has 28 nitrogen and oxygen atoms in total. The fourth-order valence-electron chi connectivity index (χ4n) is 7.76. The average molecular weight is 1280 g/mol. The van der Waals surface area contributed by atoms with Crippen molar-refractivity contribution >= 4 is 64.6 Å². The van der Waals surface area contributed by atoms with E-state index in [1.54, 1.807) is 24.3 Å². The minimum absolute atomic E-state index is 0. The van der Waals surface area contributed by atoms with Gasteiger partial charge in [0.25, 0.3) is 0 Å². The Balaban J connectivity index is 0. The van der Waals surface area contributed by atoms with Crippen LogP contribution in [-0.4, -0.2) is 135 Å². The Morgan fingerprint density at radius 3 is 1.25 bits per heavy atom. The van der Waals surface area contributed by atoms with E-state index in [2.05, 4.69) is 45.3 Å². The summed E-state index contributed by atoms with van der Waals surface area (Å²) in [6, 6.07) is 6.40. The summed E-state index contributed by atoms with van der Waals surface area (Å²) in [6.07, 6.45) is 4.72. The molecule has 0 aliphatic rings. The smallest absolute Gasteiger partial charge is 0 e. The quantitative estimate of drug-likeness (QED) is 0.0172. The van der Waals surface area contributed by atoms with Crippen LogP contribution < -0.4 is 20.1 Å². The number of nitrogens with one attached hydrogen (secondary N) is 3. The second-order valence-corrected chi connectivity index (χ2v) is 17.5. The van der Waals surface area contributed by atoms with Crippen molar-refractivity contribution in [1.29, 1.82) is 0 Å². The van der Waals surface area contributed by atoms with Crippen molar-refractivity contribution in [3.63, 3.8) is 0 Å². The molecule has 0 aliphatic carbocycles. The number of anilines is 1.